The molecule has 1 saturated heterocycles. The number of benzene rings is 1. The number of pyridine rings is 1. The highest BCUT2D eigenvalue weighted by atomic mass is 16.5. The molecule has 0 radical (unpaired) electrons. The number of nitrogens with one attached hydrogen (secondary N) is 4. The minimum atomic E-state index is -0.367. The van der Waals surface area contributed by atoms with Crippen molar-refractivity contribution in [3.05, 3.63) is 78.4 Å². The number of rotatable bonds is 4. The summed E-state index contributed by atoms with van der Waals surface area (Å²) in [6.07, 6.45) is 5.21. The van der Waals surface area contributed by atoms with E-state index in [1.54, 1.807) is 48.8 Å². The second-order valence-electron chi connectivity index (χ2n) is 7.93. The Hall–Kier alpha value is -3.98. The van der Waals surface area contributed by atoms with Crippen LogP contribution in [0.5, 0.6) is 0 Å². The molecule has 9 heteroatoms. The number of anilines is 2. The molecular formula is C24H27N7O2. The van der Waals surface area contributed by atoms with Crippen molar-refractivity contribution in [2.45, 2.75) is 26.1 Å². The Morgan fingerprint density at radius 3 is 2.45 bits per heavy atom. The zero-order valence-electron chi connectivity index (χ0n) is 18.6. The summed E-state index contributed by atoms with van der Waals surface area (Å²) in [6, 6.07) is 14.0. The quantitative estimate of drug-likeness (QED) is 0.359. The molecule has 3 aromatic rings. The third-order valence-electron chi connectivity index (χ3n) is 5.11. The van der Waals surface area contributed by atoms with Gasteiger partial charge < -0.3 is 25.3 Å². The predicted octanol–water partition coefficient (Wildman–Crippen LogP) is 3.94. The van der Waals surface area contributed by atoms with E-state index in [4.69, 9.17) is 10.1 Å². The lowest BCUT2D eigenvalue weighted by atomic mass is 10.2. The molecule has 1 fully saturated rings. The number of ether oxygens (including phenoxy) is 1. The first-order chi connectivity index (χ1) is 16.0. The van der Waals surface area contributed by atoms with Crippen LogP contribution in [0.3, 0.4) is 0 Å². The lowest BCUT2D eigenvalue weighted by Gasteiger charge is -2.37. The fourth-order valence-corrected chi connectivity index (χ4v) is 3.73. The van der Waals surface area contributed by atoms with Crippen molar-refractivity contribution < 1.29 is 9.53 Å². The van der Waals surface area contributed by atoms with Crippen LogP contribution in [-0.4, -0.2) is 57.9 Å². The minimum Gasteiger partial charge on any atom is -0.372 e. The monoisotopic (exact) mass is 445 g/mol. The standard InChI is InChI=1S/C24H27N7O2/c1-16-14-31(15-17(2)33-16)23(21-6-4-12-27-21)30-22(25)18-7-9-19(10-8-18)28-24(32)29-20-5-3-11-26-13-20/h3-13,16-17,25,27H,14-15H2,1-2H3,(H2,28,29,32)/b25-22?,30-23+/t16-,17+. The Kier molecular flexibility index (Phi) is 6.80. The molecule has 170 valence electrons. The number of morpholine rings is 1. The SMILES string of the molecule is C[C@@H]1CN(/C(=N/C(=N)c2ccc(NC(=O)Nc3cccnc3)cc2)c2ccc[nH]2)C[C@H](C)O1. The van der Waals surface area contributed by atoms with Gasteiger partial charge in [0.2, 0.25) is 0 Å². The molecule has 3 heterocycles. The highest BCUT2D eigenvalue weighted by Gasteiger charge is 2.26. The van der Waals surface area contributed by atoms with Gasteiger partial charge in [-0.1, -0.05) is 0 Å². The van der Waals surface area contributed by atoms with Crippen LogP contribution in [0, 0.1) is 5.41 Å². The zero-order chi connectivity index (χ0) is 23.2. The van der Waals surface area contributed by atoms with Crippen molar-refractivity contribution in [2.24, 2.45) is 4.99 Å². The van der Waals surface area contributed by atoms with Gasteiger partial charge in [-0.15, -0.1) is 0 Å². The summed E-state index contributed by atoms with van der Waals surface area (Å²) in [6.45, 7) is 5.47. The van der Waals surface area contributed by atoms with Gasteiger partial charge in [-0.3, -0.25) is 10.4 Å². The Morgan fingerprint density at radius 2 is 1.82 bits per heavy atom. The van der Waals surface area contributed by atoms with Crippen LogP contribution >= 0.6 is 0 Å². The number of amidine groups is 2. The van der Waals surface area contributed by atoms with E-state index in [0.717, 1.165) is 5.69 Å². The topological polar surface area (TPSA) is 118 Å². The van der Waals surface area contributed by atoms with Gasteiger partial charge in [0.25, 0.3) is 0 Å². The van der Waals surface area contributed by atoms with Gasteiger partial charge in [-0.25, -0.2) is 9.79 Å². The molecule has 1 aliphatic rings. The van der Waals surface area contributed by atoms with Crippen molar-refractivity contribution in [1.29, 1.82) is 5.41 Å². The molecule has 2 amide bonds. The van der Waals surface area contributed by atoms with Crippen LogP contribution in [0.2, 0.25) is 0 Å². The molecule has 2 atom stereocenters. The maximum Gasteiger partial charge on any atom is 0.323 e. The van der Waals surface area contributed by atoms with E-state index in [1.807, 2.05) is 32.2 Å². The molecule has 0 unspecified atom stereocenters. The molecule has 0 saturated carbocycles. The molecule has 0 aliphatic carbocycles. The minimum absolute atomic E-state index is 0.0752. The summed E-state index contributed by atoms with van der Waals surface area (Å²) in [5.41, 5.74) is 2.71. The number of hydrogen-bond donors (Lipinski definition) is 4. The molecule has 0 spiro atoms. The van der Waals surface area contributed by atoms with Crippen LogP contribution in [-0.2, 0) is 4.74 Å². The molecule has 33 heavy (non-hydrogen) atoms. The smallest absolute Gasteiger partial charge is 0.323 e. The third kappa shape index (κ3) is 5.83. The van der Waals surface area contributed by atoms with Gasteiger partial charge in [0.1, 0.15) is 0 Å². The van der Waals surface area contributed by atoms with Gasteiger partial charge in [0.15, 0.2) is 11.7 Å². The number of carbonyl (C=O) groups excluding carboxylic acids is 1. The number of urea groups is 1. The summed E-state index contributed by atoms with van der Waals surface area (Å²) < 4.78 is 5.85. The fraction of sp³-hybridized carbons (Fsp3) is 0.250. The Morgan fingerprint density at radius 1 is 1.09 bits per heavy atom. The van der Waals surface area contributed by atoms with E-state index in [9.17, 15) is 4.79 Å². The van der Waals surface area contributed by atoms with E-state index >= 15 is 0 Å². The van der Waals surface area contributed by atoms with Gasteiger partial charge in [-0.05, 0) is 62.4 Å². The number of nitrogens with zero attached hydrogens (tertiary/aromatic N) is 3. The highest BCUT2D eigenvalue weighted by molar-refractivity contribution is 6.10. The maximum atomic E-state index is 12.2. The average molecular weight is 446 g/mol. The van der Waals surface area contributed by atoms with Crippen LogP contribution < -0.4 is 10.6 Å². The van der Waals surface area contributed by atoms with Gasteiger partial charge in [0.05, 0.1) is 29.8 Å². The van der Waals surface area contributed by atoms with Crippen molar-refractivity contribution in [1.82, 2.24) is 14.9 Å². The Bertz CT molecular complexity index is 1100. The number of H-pyrrole nitrogens is 1. The second kappa shape index (κ2) is 10.1. The van der Waals surface area contributed by atoms with Crippen molar-refractivity contribution in [3.8, 4) is 0 Å². The third-order valence-corrected chi connectivity index (χ3v) is 5.11. The van der Waals surface area contributed by atoms with Crippen LogP contribution in [0.1, 0.15) is 25.1 Å². The zero-order valence-corrected chi connectivity index (χ0v) is 18.6. The molecule has 2 aromatic heterocycles. The van der Waals surface area contributed by atoms with Crippen LogP contribution in [0.25, 0.3) is 0 Å². The van der Waals surface area contributed by atoms with Crippen LogP contribution in [0.15, 0.2) is 72.1 Å². The number of carbonyl (C=O) groups is 1. The Balaban J connectivity index is 1.47. The van der Waals surface area contributed by atoms with Gasteiger partial charge >= 0.3 is 6.03 Å². The predicted molar refractivity (Wildman–Crippen MR) is 129 cm³/mol. The number of aliphatic imine (C=N–C) groups is 1. The highest BCUT2D eigenvalue weighted by Crippen LogP contribution is 2.17. The van der Waals surface area contributed by atoms with Crippen molar-refractivity contribution in [2.75, 3.05) is 23.7 Å². The number of aromatic amines is 1. The molecule has 1 aromatic carbocycles. The molecule has 0 bridgehead atoms. The van der Waals surface area contributed by atoms with Crippen LogP contribution in [0.4, 0.5) is 16.2 Å². The summed E-state index contributed by atoms with van der Waals surface area (Å²) in [7, 11) is 0. The van der Waals surface area contributed by atoms with Crippen molar-refractivity contribution in [3.63, 3.8) is 0 Å². The number of amides is 2. The first-order valence-electron chi connectivity index (χ1n) is 10.8. The number of hydrogen-bond acceptors (Lipinski definition) is 4. The lowest BCUT2D eigenvalue weighted by molar-refractivity contribution is -0.0478. The Labute approximate surface area is 192 Å². The second-order valence-corrected chi connectivity index (χ2v) is 7.93. The molecule has 9 nitrogen and oxygen atoms in total. The maximum absolute atomic E-state index is 12.2. The first-order valence-corrected chi connectivity index (χ1v) is 10.8. The largest absolute Gasteiger partial charge is 0.372 e. The molecule has 1 aliphatic heterocycles. The normalized spacial score (nSPS) is 18.6. The van der Waals surface area contributed by atoms with E-state index < -0.39 is 0 Å². The summed E-state index contributed by atoms with van der Waals surface area (Å²) in [5, 5.41) is 14.1. The summed E-state index contributed by atoms with van der Waals surface area (Å²) in [5.74, 6) is 0.850. The number of aromatic nitrogens is 2. The van der Waals surface area contributed by atoms with E-state index in [2.05, 4.69) is 30.5 Å². The van der Waals surface area contributed by atoms with Gasteiger partial charge in [0, 0.05) is 36.7 Å². The average Bonchev–Trinajstić information content (AvgIpc) is 3.32. The summed E-state index contributed by atoms with van der Waals surface area (Å²) >= 11 is 0. The fourth-order valence-electron chi connectivity index (χ4n) is 3.73. The molecule has 4 N–H and O–H groups in total. The van der Waals surface area contributed by atoms with Crippen molar-refractivity contribution >= 4 is 29.1 Å². The molecular weight excluding hydrogens is 418 g/mol. The van der Waals surface area contributed by atoms with E-state index in [0.29, 0.717) is 35.9 Å². The van der Waals surface area contributed by atoms with E-state index in [1.165, 1.54) is 0 Å². The first kappa shape index (κ1) is 22.2. The van der Waals surface area contributed by atoms with E-state index in [-0.39, 0.29) is 24.1 Å². The van der Waals surface area contributed by atoms with Gasteiger partial charge in [-0.2, -0.15) is 0 Å². The lowest BCUT2D eigenvalue weighted by Crippen LogP contribution is -2.48. The molecule has 4 rings (SSSR count). The summed E-state index contributed by atoms with van der Waals surface area (Å²) in [4.78, 5) is 26.2.